The third-order valence-electron chi connectivity index (χ3n) is 4.04. The van der Waals surface area contributed by atoms with Gasteiger partial charge in [-0.05, 0) is 25.8 Å². The van der Waals surface area contributed by atoms with E-state index in [0.717, 1.165) is 11.3 Å². The van der Waals surface area contributed by atoms with E-state index >= 15 is 0 Å². The van der Waals surface area contributed by atoms with Gasteiger partial charge in [0, 0.05) is 31.1 Å². The van der Waals surface area contributed by atoms with Crippen molar-refractivity contribution in [2.45, 2.75) is 26.3 Å². The van der Waals surface area contributed by atoms with Crippen molar-refractivity contribution in [1.82, 2.24) is 10.2 Å². The summed E-state index contributed by atoms with van der Waals surface area (Å²) >= 11 is 0. The molecule has 1 fully saturated rings. The highest BCUT2D eigenvalue weighted by molar-refractivity contribution is 5.79. The maximum atomic E-state index is 12.3. The third kappa shape index (κ3) is 4.61. The lowest BCUT2D eigenvalue weighted by atomic mass is 9.96. The number of benzene rings is 1. The molecule has 2 amide bonds. The van der Waals surface area contributed by atoms with Gasteiger partial charge < -0.3 is 19.7 Å². The number of ether oxygens (including phenoxy) is 2. The van der Waals surface area contributed by atoms with Gasteiger partial charge >= 0.3 is 6.09 Å². The molecule has 0 radical (unpaired) electrons. The number of hydrogen-bond acceptors (Lipinski definition) is 4. The summed E-state index contributed by atoms with van der Waals surface area (Å²) in [7, 11) is 1.62. The van der Waals surface area contributed by atoms with E-state index in [9.17, 15) is 9.59 Å². The van der Waals surface area contributed by atoms with Gasteiger partial charge in [-0.3, -0.25) is 4.79 Å². The van der Waals surface area contributed by atoms with E-state index in [-0.39, 0.29) is 17.9 Å². The van der Waals surface area contributed by atoms with Gasteiger partial charge in [0.05, 0.1) is 13.7 Å². The van der Waals surface area contributed by atoms with Crippen molar-refractivity contribution in [2.24, 2.45) is 5.92 Å². The minimum absolute atomic E-state index is 0.0272. The fraction of sp³-hybridized carbons (Fsp3) is 0.529. The Labute approximate surface area is 136 Å². The van der Waals surface area contributed by atoms with E-state index in [2.05, 4.69) is 5.32 Å². The molecule has 6 nitrogen and oxygen atoms in total. The SMILES string of the molecule is CCOC(=O)N1CCC(C(=O)NCc2ccccc2OC)CC1. The smallest absolute Gasteiger partial charge is 0.409 e. The van der Waals surface area contributed by atoms with Crippen molar-refractivity contribution in [2.75, 3.05) is 26.8 Å². The number of piperidine rings is 1. The van der Waals surface area contributed by atoms with Gasteiger partial charge in [-0.25, -0.2) is 4.79 Å². The molecule has 6 heteroatoms. The molecule has 2 rings (SSSR count). The first-order valence-electron chi connectivity index (χ1n) is 7.97. The molecule has 0 spiro atoms. The molecule has 0 bridgehead atoms. The summed E-state index contributed by atoms with van der Waals surface area (Å²) in [5, 5.41) is 2.96. The maximum Gasteiger partial charge on any atom is 0.409 e. The van der Waals surface area contributed by atoms with Crippen LogP contribution in [0.3, 0.4) is 0 Å². The number of nitrogens with one attached hydrogen (secondary N) is 1. The molecular weight excluding hydrogens is 296 g/mol. The van der Waals surface area contributed by atoms with Crippen LogP contribution in [0.2, 0.25) is 0 Å². The zero-order valence-corrected chi connectivity index (χ0v) is 13.7. The van der Waals surface area contributed by atoms with Crippen molar-refractivity contribution in [1.29, 1.82) is 0 Å². The van der Waals surface area contributed by atoms with Gasteiger partial charge in [-0.15, -0.1) is 0 Å². The summed E-state index contributed by atoms with van der Waals surface area (Å²) in [5.74, 6) is 0.736. The van der Waals surface area contributed by atoms with Gasteiger partial charge in [-0.2, -0.15) is 0 Å². The van der Waals surface area contributed by atoms with Crippen molar-refractivity contribution in [3.05, 3.63) is 29.8 Å². The molecule has 0 unspecified atom stereocenters. The standard InChI is InChI=1S/C17H24N2O4/c1-3-23-17(21)19-10-8-13(9-11-19)16(20)18-12-14-6-4-5-7-15(14)22-2/h4-7,13H,3,8-12H2,1-2H3,(H,18,20). The maximum absolute atomic E-state index is 12.3. The van der Waals surface area contributed by atoms with Gasteiger partial charge in [0.1, 0.15) is 5.75 Å². The predicted molar refractivity (Wildman–Crippen MR) is 86.2 cm³/mol. The highest BCUT2D eigenvalue weighted by atomic mass is 16.6. The number of hydrogen-bond donors (Lipinski definition) is 1. The molecule has 1 aliphatic rings. The molecule has 1 aromatic carbocycles. The molecule has 126 valence electrons. The lowest BCUT2D eigenvalue weighted by molar-refractivity contribution is -0.126. The number of rotatable bonds is 5. The highest BCUT2D eigenvalue weighted by Crippen LogP contribution is 2.20. The number of para-hydroxylation sites is 1. The zero-order valence-electron chi connectivity index (χ0n) is 13.7. The summed E-state index contributed by atoms with van der Waals surface area (Å²) in [6.45, 7) is 3.73. The second-order valence-electron chi connectivity index (χ2n) is 5.49. The first-order valence-corrected chi connectivity index (χ1v) is 7.97. The number of likely N-dealkylation sites (tertiary alicyclic amines) is 1. The Bertz CT molecular complexity index is 539. The molecule has 1 heterocycles. The third-order valence-corrected chi connectivity index (χ3v) is 4.04. The van der Waals surface area contributed by atoms with E-state index in [4.69, 9.17) is 9.47 Å². The van der Waals surface area contributed by atoms with Crippen LogP contribution < -0.4 is 10.1 Å². The quantitative estimate of drug-likeness (QED) is 0.903. The summed E-state index contributed by atoms with van der Waals surface area (Å²) in [4.78, 5) is 25.6. The van der Waals surface area contributed by atoms with Crippen LogP contribution in [0.15, 0.2) is 24.3 Å². The number of carbonyl (C=O) groups excluding carboxylic acids is 2. The monoisotopic (exact) mass is 320 g/mol. The van der Waals surface area contributed by atoms with E-state index in [0.29, 0.717) is 39.1 Å². The van der Waals surface area contributed by atoms with Crippen LogP contribution in [0.5, 0.6) is 5.75 Å². The highest BCUT2D eigenvalue weighted by Gasteiger charge is 2.27. The van der Waals surface area contributed by atoms with Crippen LogP contribution in [0.25, 0.3) is 0 Å². The lowest BCUT2D eigenvalue weighted by Gasteiger charge is -2.30. The summed E-state index contributed by atoms with van der Waals surface area (Å²) in [6.07, 6.45) is 1.04. The van der Waals surface area contributed by atoms with Crippen LogP contribution >= 0.6 is 0 Å². The predicted octanol–water partition coefficient (Wildman–Crippen LogP) is 2.18. The van der Waals surface area contributed by atoms with E-state index in [1.54, 1.807) is 18.9 Å². The normalized spacial score (nSPS) is 15.1. The number of amides is 2. The topological polar surface area (TPSA) is 67.9 Å². The Morgan fingerprint density at radius 1 is 1.26 bits per heavy atom. The molecule has 1 aliphatic heterocycles. The molecule has 1 aromatic rings. The van der Waals surface area contributed by atoms with Crippen LogP contribution in [0, 0.1) is 5.92 Å². The Morgan fingerprint density at radius 2 is 1.96 bits per heavy atom. The van der Waals surface area contributed by atoms with E-state index in [1.807, 2.05) is 24.3 Å². The van der Waals surface area contributed by atoms with Crippen LogP contribution in [-0.4, -0.2) is 43.7 Å². The van der Waals surface area contributed by atoms with Gasteiger partial charge in [0.25, 0.3) is 0 Å². The first kappa shape index (κ1) is 17.1. The molecule has 0 aromatic heterocycles. The van der Waals surface area contributed by atoms with Crippen LogP contribution in [0.4, 0.5) is 4.79 Å². The number of nitrogens with zero attached hydrogens (tertiary/aromatic N) is 1. The van der Waals surface area contributed by atoms with Crippen LogP contribution in [-0.2, 0) is 16.1 Å². The van der Waals surface area contributed by atoms with Gasteiger partial charge in [0.15, 0.2) is 0 Å². The molecule has 1 N–H and O–H groups in total. The average molecular weight is 320 g/mol. The second-order valence-corrected chi connectivity index (χ2v) is 5.49. The average Bonchev–Trinajstić information content (AvgIpc) is 2.60. The van der Waals surface area contributed by atoms with Gasteiger partial charge in [0.2, 0.25) is 5.91 Å². The van der Waals surface area contributed by atoms with Crippen LogP contribution in [0.1, 0.15) is 25.3 Å². The van der Waals surface area contributed by atoms with Crippen molar-refractivity contribution < 1.29 is 19.1 Å². The second kappa shape index (κ2) is 8.41. The van der Waals surface area contributed by atoms with Crippen molar-refractivity contribution >= 4 is 12.0 Å². The first-order chi connectivity index (χ1) is 11.2. The molecule has 23 heavy (non-hydrogen) atoms. The molecular formula is C17H24N2O4. The minimum atomic E-state index is -0.291. The lowest BCUT2D eigenvalue weighted by Crippen LogP contribution is -2.43. The summed E-state index contributed by atoms with van der Waals surface area (Å²) in [5.41, 5.74) is 0.951. The van der Waals surface area contributed by atoms with Crippen molar-refractivity contribution in [3.63, 3.8) is 0 Å². The van der Waals surface area contributed by atoms with Gasteiger partial charge in [-0.1, -0.05) is 18.2 Å². The summed E-state index contributed by atoms with van der Waals surface area (Å²) < 4.78 is 10.3. The molecule has 0 atom stereocenters. The molecule has 0 saturated carbocycles. The number of methoxy groups -OCH3 is 1. The molecule has 1 saturated heterocycles. The summed E-state index contributed by atoms with van der Waals surface area (Å²) in [6, 6.07) is 7.62. The Morgan fingerprint density at radius 3 is 2.61 bits per heavy atom. The molecule has 0 aliphatic carbocycles. The van der Waals surface area contributed by atoms with E-state index < -0.39 is 0 Å². The largest absolute Gasteiger partial charge is 0.496 e. The Balaban J connectivity index is 1.80. The Hall–Kier alpha value is -2.24. The number of carbonyl (C=O) groups is 2. The minimum Gasteiger partial charge on any atom is -0.496 e. The van der Waals surface area contributed by atoms with Crippen molar-refractivity contribution in [3.8, 4) is 5.75 Å². The van der Waals surface area contributed by atoms with E-state index in [1.165, 1.54) is 0 Å². The zero-order chi connectivity index (χ0) is 16.7. The fourth-order valence-corrected chi connectivity index (χ4v) is 2.71. The Kier molecular flexibility index (Phi) is 6.26. The fourth-order valence-electron chi connectivity index (χ4n) is 2.71.